The Morgan fingerprint density at radius 1 is 1.50 bits per heavy atom. The standard InChI is InChI=1S/C6H10O5S/c1-3-5-6(7)11-12(8,9)10-4-2/h3,5H,4H2,1-2H3. The molecule has 0 unspecified atom stereocenters. The number of rotatable bonds is 4. The Kier molecular flexibility index (Phi) is 4.53. The van der Waals surface area contributed by atoms with Gasteiger partial charge in [0.25, 0.3) is 0 Å². The maximum Gasteiger partial charge on any atom is 0.451 e. The van der Waals surface area contributed by atoms with Crippen molar-refractivity contribution in [3.63, 3.8) is 0 Å². The van der Waals surface area contributed by atoms with Crippen LogP contribution in [0.3, 0.4) is 0 Å². The van der Waals surface area contributed by atoms with Gasteiger partial charge in [0.2, 0.25) is 0 Å². The maximum absolute atomic E-state index is 10.6. The summed E-state index contributed by atoms with van der Waals surface area (Å²) in [5.74, 6) is -0.967. The van der Waals surface area contributed by atoms with Crippen LogP contribution in [-0.4, -0.2) is 21.0 Å². The van der Waals surface area contributed by atoms with Gasteiger partial charge in [0.1, 0.15) is 0 Å². The van der Waals surface area contributed by atoms with E-state index in [4.69, 9.17) is 0 Å². The summed E-state index contributed by atoms with van der Waals surface area (Å²) in [5.41, 5.74) is 0. The Balaban J connectivity index is 4.16. The van der Waals surface area contributed by atoms with Crippen molar-refractivity contribution in [2.45, 2.75) is 13.8 Å². The Bertz CT molecular complexity index is 264. The molecule has 0 saturated carbocycles. The maximum atomic E-state index is 10.6. The Labute approximate surface area is 71.3 Å². The summed E-state index contributed by atoms with van der Waals surface area (Å²) in [6.07, 6.45) is 2.35. The van der Waals surface area contributed by atoms with Crippen LogP contribution < -0.4 is 0 Å². The van der Waals surface area contributed by atoms with Crippen molar-refractivity contribution in [1.82, 2.24) is 0 Å². The summed E-state index contributed by atoms with van der Waals surface area (Å²) >= 11 is 0. The van der Waals surface area contributed by atoms with Crippen LogP contribution in [-0.2, 0) is 23.6 Å². The molecule has 70 valence electrons. The molecule has 0 fully saturated rings. The van der Waals surface area contributed by atoms with Gasteiger partial charge in [0.15, 0.2) is 0 Å². The molecule has 5 nitrogen and oxygen atoms in total. The summed E-state index contributed by atoms with van der Waals surface area (Å²) in [7, 11) is -4.15. The van der Waals surface area contributed by atoms with E-state index in [0.717, 1.165) is 6.08 Å². The predicted octanol–water partition coefficient (Wildman–Crippen LogP) is 0.387. The molecule has 0 atom stereocenters. The second-order valence-electron chi connectivity index (χ2n) is 1.72. The molecule has 0 aliphatic heterocycles. The first-order chi connectivity index (χ1) is 5.52. The lowest BCUT2D eigenvalue weighted by atomic mass is 10.5. The molecule has 0 bridgehead atoms. The third kappa shape index (κ3) is 4.86. The first-order valence-electron chi connectivity index (χ1n) is 3.27. The molecule has 6 heteroatoms. The molecular formula is C6H10O5S. The van der Waals surface area contributed by atoms with Crippen molar-refractivity contribution in [3.05, 3.63) is 12.2 Å². The molecule has 0 aliphatic rings. The zero-order valence-electron chi connectivity index (χ0n) is 6.81. The largest absolute Gasteiger partial charge is 0.451 e. The number of hydrogen-bond donors (Lipinski definition) is 0. The van der Waals surface area contributed by atoms with Crippen LogP contribution >= 0.6 is 0 Å². The minimum Gasteiger partial charge on any atom is -0.321 e. The van der Waals surface area contributed by atoms with Gasteiger partial charge in [0.05, 0.1) is 6.61 Å². The Morgan fingerprint density at radius 2 is 2.08 bits per heavy atom. The highest BCUT2D eigenvalue weighted by Crippen LogP contribution is 1.96. The second kappa shape index (κ2) is 4.89. The molecule has 0 aromatic rings. The minimum atomic E-state index is -4.15. The van der Waals surface area contributed by atoms with Crippen LogP contribution in [0.5, 0.6) is 0 Å². The average Bonchev–Trinajstić information content (AvgIpc) is 1.85. The predicted molar refractivity (Wildman–Crippen MR) is 41.5 cm³/mol. The molecular weight excluding hydrogens is 184 g/mol. The second-order valence-corrected chi connectivity index (χ2v) is 2.94. The zero-order chi connectivity index (χ0) is 9.61. The van der Waals surface area contributed by atoms with E-state index in [1.807, 2.05) is 0 Å². The molecule has 0 radical (unpaired) electrons. The summed E-state index contributed by atoms with van der Waals surface area (Å²) in [6.45, 7) is 2.97. The van der Waals surface area contributed by atoms with E-state index in [9.17, 15) is 13.2 Å². The molecule has 0 amide bonds. The monoisotopic (exact) mass is 194 g/mol. The first kappa shape index (κ1) is 11.1. The van der Waals surface area contributed by atoms with Gasteiger partial charge in [-0.05, 0) is 13.8 Å². The summed E-state index contributed by atoms with van der Waals surface area (Å²) < 4.78 is 29.3. The molecule has 0 aromatic carbocycles. The SMILES string of the molecule is CC=CC(=O)OS(=O)(=O)OCC. The van der Waals surface area contributed by atoms with Crippen molar-refractivity contribution in [3.8, 4) is 0 Å². The van der Waals surface area contributed by atoms with Crippen LogP contribution in [0.1, 0.15) is 13.8 Å². The van der Waals surface area contributed by atoms with Gasteiger partial charge in [-0.15, -0.1) is 0 Å². The van der Waals surface area contributed by atoms with E-state index in [-0.39, 0.29) is 6.61 Å². The lowest BCUT2D eigenvalue weighted by molar-refractivity contribution is -0.129. The lowest BCUT2D eigenvalue weighted by Gasteiger charge is -2.00. The van der Waals surface area contributed by atoms with Crippen molar-refractivity contribution in [1.29, 1.82) is 0 Å². The van der Waals surface area contributed by atoms with Gasteiger partial charge >= 0.3 is 16.4 Å². The highest BCUT2D eigenvalue weighted by atomic mass is 32.3. The number of carbonyl (C=O) groups excluding carboxylic acids is 1. The highest BCUT2D eigenvalue weighted by Gasteiger charge is 2.14. The van der Waals surface area contributed by atoms with Crippen LogP contribution in [0.2, 0.25) is 0 Å². The van der Waals surface area contributed by atoms with E-state index < -0.39 is 16.4 Å². The van der Waals surface area contributed by atoms with E-state index >= 15 is 0 Å². The van der Waals surface area contributed by atoms with Crippen molar-refractivity contribution in [2.75, 3.05) is 6.61 Å². The number of carbonyl (C=O) groups is 1. The Morgan fingerprint density at radius 3 is 2.50 bits per heavy atom. The summed E-state index contributed by atoms with van der Waals surface area (Å²) in [5, 5.41) is 0. The van der Waals surface area contributed by atoms with Crippen LogP contribution in [0.15, 0.2) is 12.2 Å². The fourth-order valence-corrected chi connectivity index (χ4v) is 1.03. The molecule has 0 aromatic heterocycles. The molecule has 0 spiro atoms. The van der Waals surface area contributed by atoms with Crippen LogP contribution in [0.25, 0.3) is 0 Å². The smallest absolute Gasteiger partial charge is 0.321 e. The number of allylic oxidation sites excluding steroid dienone is 1. The van der Waals surface area contributed by atoms with Crippen molar-refractivity contribution < 1.29 is 21.6 Å². The minimum absolute atomic E-state index is 0.0640. The van der Waals surface area contributed by atoms with Gasteiger partial charge in [-0.1, -0.05) is 6.08 Å². The van der Waals surface area contributed by atoms with Gasteiger partial charge in [-0.3, -0.25) is 0 Å². The molecule has 0 aliphatic carbocycles. The first-order valence-corrected chi connectivity index (χ1v) is 4.60. The normalized spacial score (nSPS) is 11.8. The van der Waals surface area contributed by atoms with Gasteiger partial charge in [-0.2, -0.15) is 8.42 Å². The molecule has 0 saturated heterocycles. The highest BCUT2D eigenvalue weighted by molar-refractivity contribution is 7.82. The Hall–Kier alpha value is -0.880. The average molecular weight is 194 g/mol. The topological polar surface area (TPSA) is 69.7 Å². The lowest BCUT2D eigenvalue weighted by Crippen LogP contribution is -2.13. The number of hydrogen-bond acceptors (Lipinski definition) is 5. The van der Waals surface area contributed by atoms with Crippen LogP contribution in [0, 0.1) is 0 Å². The molecule has 0 heterocycles. The summed E-state index contributed by atoms with van der Waals surface area (Å²) in [4.78, 5) is 10.6. The fourth-order valence-electron chi connectivity index (χ4n) is 0.433. The van der Waals surface area contributed by atoms with Crippen molar-refractivity contribution >= 4 is 16.4 Å². The quantitative estimate of drug-likeness (QED) is 0.605. The molecule has 12 heavy (non-hydrogen) atoms. The van der Waals surface area contributed by atoms with E-state index in [1.54, 1.807) is 6.92 Å². The van der Waals surface area contributed by atoms with Crippen LogP contribution in [0.4, 0.5) is 0 Å². The molecule has 0 N–H and O–H groups in total. The fraction of sp³-hybridized carbons (Fsp3) is 0.500. The van der Waals surface area contributed by atoms with E-state index in [1.165, 1.54) is 13.0 Å². The van der Waals surface area contributed by atoms with Gasteiger partial charge < -0.3 is 4.18 Å². The zero-order valence-corrected chi connectivity index (χ0v) is 7.63. The summed E-state index contributed by atoms with van der Waals surface area (Å²) in [6, 6.07) is 0. The third-order valence-electron chi connectivity index (χ3n) is 0.749. The van der Waals surface area contributed by atoms with Gasteiger partial charge in [-0.25, -0.2) is 8.98 Å². The third-order valence-corrected chi connectivity index (χ3v) is 1.64. The van der Waals surface area contributed by atoms with Crippen molar-refractivity contribution in [2.24, 2.45) is 0 Å². The van der Waals surface area contributed by atoms with Gasteiger partial charge in [0, 0.05) is 6.08 Å². The molecule has 0 rings (SSSR count). The van der Waals surface area contributed by atoms with E-state index in [2.05, 4.69) is 8.37 Å². The van der Waals surface area contributed by atoms with E-state index in [0.29, 0.717) is 0 Å².